The van der Waals surface area contributed by atoms with E-state index in [0.717, 1.165) is 44.7 Å². The summed E-state index contributed by atoms with van der Waals surface area (Å²) in [4.78, 5) is 4.61. The van der Waals surface area contributed by atoms with E-state index in [-0.39, 0.29) is 0 Å². The highest BCUT2D eigenvalue weighted by atomic mass is 15.4. The summed E-state index contributed by atoms with van der Waals surface area (Å²) in [5, 5.41) is 23.0. The van der Waals surface area contributed by atoms with E-state index in [1.807, 2.05) is 57.1 Å². The van der Waals surface area contributed by atoms with Crippen molar-refractivity contribution in [3.63, 3.8) is 0 Å². The Balaban J connectivity index is 1.36. The fourth-order valence-electron chi connectivity index (χ4n) is 3.85. The first kappa shape index (κ1) is 18.4. The predicted molar refractivity (Wildman–Crippen MR) is 120 cm³/mol. The van der Waals surface area contributed by atoms with Crippen molar-refractivity contribution in [2.75, 3.05) is 0 Å². The predicted octanol–water partition coefficient (Wildman–Crippen LogP) is 3.06. The van der Waals surface area contributed by atoms with E-state index in [9.17, 15) is 0 Å². The van der Waals surface area contributed by atoms with E-state index >= 15 is 0 Å². The fourth-order valence-corrected chi connectivity index (χ4v) is 3.85. The largest absolute Gasteiger partial charge is 0.275 e. The fraction of sp³-hybridized carbons (Fsp3) is 0.130. The monoisotopic (exact) mass is 421 g/mol. The zero-order valence-corrected chi connectivity index (χ0v) is 17.6. The Morgan fingerprint density at radius 1 is 0.781 bits per heavy atom. The van der Waals surface area contributed by atoms with Gasteiger partial charge in [0.2, 0.25) is 0 Å². The van der Waals surface area contributed by atoms with Crippen LogP contribution >= 0.6 is 0 Å². The molecule has 0 amide bonds. The van der Waals surface area contributed by atoms with E-state index in [4.69, 9.17) is 5.10 Å². The molecule has 0 bridgehead atoms. The summed E-state index contributed by atoms with van der Waals surface area (Å²) in [6.45, 7) is 0. The Hall–Kier alpha value is -4.40. The number of pyridine rings is 1. The molecular weight excluding hydrogens is 402 g/mol. The zero-order valence-electron chi connectivity index (χ0n) is 17.6. The lowest BCUT2D eigenvalue weighted by molar-refractivity contribution is 0.767. The van der Waals surface area contributed by atoms with Gasteiger partial charge in [-0.1, -0.05) is 6.07 Å². The smallest absolute Gasteiger partial charge is 0.177 e. The van der Waals surface area contributed by atoms with Crippen LogP contribution in [0.2, 0.25) is 0 Å². The van der Waals surface area contributed by atoms with Gasteiger partial charge in [-0.05, 0) is 35.9 Å². The molecule has 0 N–H and O–H groups in total. The van der Waals surface area contributed by atoms with Crippen molar-refractivity contribution in [1.82, 2.24) is 44.4 Å². The van der Waals surface area contributed by atoms with Crippen molar-refractivity contribution in [1.29, 1.82) is 0 Å². The SMILES string of the molecule is Cn1cc(-c2cnc3ccc(Cc4nnc5ccc(-c6cnn(C)c6)nn45)cc3c2)cn1. The summed E-state index contributed by atoms with van der Waals surface area (Å²) in [6, 6.07) is 12.3. The average molecular weight is 421 g/mol. The number of fused-ring (bicyclic) bond motifs is 2. The maximum Gasteiger partial charge on any atom is 0.177 e. The van der Waals surface area contributed by atoms with Gasteiger partial charge in [-0.3, -0.25) is 14.3 Å². The van der Waals surface area contributed by atoms with E-state index in [1.54, 1.807) is 20.1 Å². The van der Waals surface area contributed by atoms with Gasteiger partial charge in [0.05, 0.1) is 23.6 Å². The number of aromatic nitrogens is 9. The second-order valence-corrected chi connectivity index (χ2v) is 7.84. The van der Waals surface area contributed by atoms with E-state index in [0.29, 0.717) is 12.1 Å². The molecule has 9 nitrogen and oxygen atoms in total. The molecule has 0 saturated heterocycles. The van der Waals surface area contributed by atoms with Crippen molar-refractivity contribution in [2.24, 2.45) is 14.1 Å². The number of rotatable bonds is 4. The molecule has 156 valence electrons. The highest BCUT2D eigenvalue weighted by Crippen LogP contribution is 2.24. The van der Waals surface area contributed by atoms with Gasteiger partial charge in [0, 0.05) is 61.2 Å². The summed E-state index contributed by atoms with van der Waals surface area (Å²) in [7, 11) is 3.80. The summed E-state index contributed by atoms with van der Waals surface area (Å²) in [6.07, 6.45) is 10.1. The molecule has 5 heterocycles. The van der Waals surface area contributed by atoms with Crippen LogP contribution in [-0.2, 0) is 20.5 Å². The van der Waals surface area contributed by atoms with Crippen molar-refractivity contribution < 1.29 is 0 Å². The number of benzene rings is 1. The minimum absolute atomic E-state index is 0.609. The molecule has 0 fully saturated rings. The first-order chi connectivity index (χ1) is 15.6. The van der Waals surface area contributed by atoms with Crippen LogP contribution in [0, 0.1) is 0 Å². The first-order valence-electron chi connectivity index (χ1n) is 10.2. The molecule has 6 rings (SSSR count). The molecule has 6 aromatic rings. The normalized spacial score (nSPS) is 11.6. The van der Waals surface area contributed by atoms with Crippen LogP contribution in [0.15, 0.2) is 67.4 Å². The van der Waals surface area contributed by atoms with E-state index < -0.39 is 0 Å². The van der Waals surface area contributed by atoms with Crippen LogP contribution in [0.25, 0.3) is 38.9 Å². The van der Waals surface area contributed by atoms with Crippen molar-refractivity contribution in [2.45, 2.75) is 6.42 Å². The second kappa shape index (κ2) is 7.09. The average Bonchev–Trinajstić information content (AvgIpc) is 3.53. The lowest BCUT2D eigenvalue weighted by atomic mass is 10.0. The van der Waals surface area contributed by atoms with Crippen LogP contribution < -0.4 is 0 Å². The molecule has 5 aromatic heterocycles. The molecule has 1 aromatic carbocycles. The molecular formula is C23H19N9. The van der Waals surface area contributed by atoms with Gasteiger partial charge in [0.1, 0.15) is 0 Å². The third-order valence-corrected chi connectivity index (χ3v) is 5.47. The van der Waals surface area contributed by atoms with Gasteiger partial charge in [-0.15, -0.1) is 10.2 Å². The molecule has 0 saturated carbocycles. The Morgan fingerprint density at radius 3 is 2.38 bits per heavy atom. The first-order valence-corrected chi connectivity index (χ1v) is 10.2. The summed E-state index contributed by atoms with van der Waals surface area (Å²) < 4.78 is 5.35. The Bertz CT molecular complexity index is 1590. The van der Waals surface area contributed by atoms with Crippen LogP contribution in [0.3, 0.4) is 0 Å². The second-order valence-electron chi connectivity index (χ2n) is 7.84. The topological polar surface area (TPSA) is 91.6 Å². The Morgan fingerprint density at radius 2 is 1.59 bits per heavy atom. The molecule has 0 aliphatic rings. The lowest BCUT2D eigenvalue weighted by Crippen LogP contribution is -2.01. The number of aryl methyl sites for hydroxylation is 2. The number of nitrogens with zero attached hydrogens (tertiary/aromatic N) is 9. The highest BCUT2D eigenvalue weighted by Gasteiger charge is 2.11. The van der Waals surface area contributed by atoms with Gasteiger partial charge in [-0.25, -0.2) is 0 Å². The maximum atomic E-state index is 4.75. The standard InChI is InChI=1S/C23H19N9/c1-30-13-18(11-25-30)17-9-16-7-15(3-4-20(16)24-10-17)8-23-28-27-22-6-5-21(29-32(22)23)19-12-26-31(2)14-19/h3-7,9-14H,8H2,1-2H3. The summed E-state index contributed by atoms with van der Waals surface area (Å²) in [5.41, 5.74) is 6.65. The van der Waals surface area contributed by atoms with Gasteiger partial charge in [0.15, 0.2) is 11.5 Å². The van der Waals surface area contributed by atoms with Crippen molar-refractivity contribution in [3.05, 3.63) is 78.8 Å². The quantitative estimate of drug-likeness (QED) is 0.434. The molecule has 0 atom stereocenters. The lowest BCUT2D eigenvalue weighted by Gasteiger charge is -2.05. The highest BCUT2D eigenvalue weighted by molar-refractivity contribution is 5.84. The third-order valence-electron chi connectivity index (χ3n) is 5.47. The molecule has 0 aliphatic heterocycles. The maximum absolute atomic E-state index is 4.75. The Kier molecular flexibility index (Phi) is 4.07. The summed E-state index contributed by atoms with van der Waals surface area (Å²) >= 11 is 0. The van der Waals surface area contributed by atoms with E-state index in [2.05, 4.69) is 43.6 Å². The molecule has 0 unspecified atom stereocenters. The van der Waals surface area contributed by atoms with Gasteiger partial charge < -0.3 is 0 Å². The van der Waals surface area contributed by atoms with Gasteiger partial charge in [0.25, 0.3) is 0 Å². The molecule has 32 heavy (non-hydrogen) atoms. The number of hydrogen-bond acceptors (Lipinski definition) is 6. The van der Waals surface area contributed by atoms with Crippen molar-refractivity contribution in [3.8, 4) is 22.4 Å². The Labute approximate surface area is 183 Å². The minimum atomic E-state index is 0.609. The van der Waals surface area contributed by atoms with Crippen LogP contribution in [-0.4, -0.2) is 44.4 Å². The molecule has 0 spiro atoms. The van der Waals surface area contributed by atoms with Crippen LogP contribution in [0.5, 0.6) is 0 Å². The molecule has 0 aliphatic carbocycles. The zero-order chi connectivity index (χ0) is 21.7. The van der Waals surface area contributed by atoms with Crippen molar-refractivity contribution >= 4 is 16.6 Å². The molecule has 0 radical (unpaired) electrons. The number of hydrogen-bond donors (Lipinski definition) is 0. The van der Waals surface area contributed by atoms with E-state index in [1.165, 1.54) is 0 Å². The van der Waals surface area contributed by atoms with Gasteiger partial charge in [-0.2, -0.15) is 19.8 Å². The molecule has 9 heteroatoms. The third kappa shape index (κ3) is 3.20. The summed E-state index contributed by atoms with van der Waals surface area (Å²) in [5.74, 6) is 0.779. The minimum Gasteiger partial charge on any atom is -0.275 e. The van der Waals surface area contributed by atoms with Gasteiger partial charge >= 0.3 is 0 Å². The van der Waals surface area contributed by atoms with Crippen LogP contribution in [0.1, 0.15) is 11.4 Å². The van der Waals surface area contributed by atoms with Crippen LogP contribution in [0.4, 0.5) is 0 Å².